The maximum atomic E-state index is 9.09. The van der Waals surface area contributed by atoms with Crippen LogP contribution < -0.4 is 5.32 Å². The highest BCUT2D eigenvalue weighted by Gasteiger charge is 2.17. The molecule has 0 aliphatic carbocycles. The second-order valence-corrected chi connectivity index (χ2v) is 4.05. The molecule has 0 saturated carbocycles. The third-order valence-electron chi connectivity index (χ3n) is 2.81. The van der Waals surface area contributed by atoms with Crippen LogP contribution in [0.25, 0.3) is 0 Å². The molecule has 1 fully saturated rings. The lowest BCUT2D eigenvalue weighted by molar-refractivity contribution is 0.143. The molecule has 1 heterocycles. The van der Waals surface area contributed by atoms with E-state index in [2.05, 4.69) is 34.5 Å². The van der Waals surface area contributed by atoms with Crippen molar-refractivity contribution in [3.8, 4) is 0 Å². The zero-order valence-electron chi connectivity index (χ0n) is 9.30. The average Bonchev–Trinajstić information content (AvgIpc) is 2.31. The number of hydrogen-bond acceptors (Lipinski definition) is 3. The lowest BCUT2D eigenvalue weighted by Crippen LogP contribution is -2.51. The number of aliphatic hydroxyl groups is 1. The molecule has 1 aliphatic heterocycles. The zero-order valence-corrected chi connectivity index (χ0v) is 10.1. The van der Waals surface area contributed by atoms with Crippen LogP contribution in [0.4, 0.5) is 0 Å². The van der Waals surface area contributed by atoms with Crippen molar-refractivity contribution in [2.24, 2.45) is 0 Å². The van der Waals surface area contributed by atoms with Crippen molar-refractivity contribution in [2.45, 2.75) is 12.6 Å². The Bertz CT molecular complexity index is 294. The van der Waals surface area contributed by atoms with Gasteiger partial charge in [0, 0.05) is 32.2 Å². The molecular weight excluding hydrogens is 224 g/mol. The van der Waals surface area contributed by atoms with Crippen molar-refractivity contribution in [3.05, 3.63) is 35.9 Å². The minimum atomic E-state index is 0. The molecule has 0 unspecified atom stereocenters. The van der Waals surface area contributed by atoms with Crippen LogP contribution in [0, 0.1) is 0 Å². The van der Waals surface area contributed by atoms with Crippen LogP contribution >= 0.6 is 12.4 Å². The summed E-state index contributed by atoms with van der Waals surface area (Å²) in [6.45, 7) is 4.18. The summed E-state index contributed by atoms with van der Waals surface area (Å²) in [5.74, 6) is 0. The third kappa shape index (κ3) is 3.76. The Morgan fingerprint density at radius 3 is 2.75 bits per heavy atom. The van der Waals surface area contributed by atoms with Crippen molar-refractivity contribution >= 4 is 12.4 Å². The Labute approximate surface area is 103 Å². The van der Waals surface area contributed by atoms with E-state index in [0.29, 0.717) is 0 Å². The fourth-order valence-electron chi connectivity index (χ4n) is 2.00. The van der Waals surface area contributed by atoms with Crippen LogP contribution in [0.1, 0.15) is 5.56 Å². The number of rotatable bonds is 3. The molecular formula is C12H19ClN2O. The molecule has 0 spiro atoms. The summed E-state index contributed by atoms with van der Waals surface area (Å²) in [6.07, 6.45) is 0. The molecule has 3 nitrogen and oxygen atoms in total. The van der Waals surface area contributed by atoms with Crippen LogP contribution in [0.3, 0.4) is 0 Å². The van der Waals surface area contributed by atoms with Crippen LogP contribution in [0.2, 0.25) is 0 Å². The standard InChI is InChI=1S/C12H18N2O.ClH/c15-10-12-9-14(7-6-13-12)8-11-4-2-1-3-5-11;/h1-5,12-13,15H,6-10H2;1H/t12-;/m0./s1. The number of halogens is 1. The van der Waals surface area contributed by atoms with Gasteiger partial charge in [0.05, 0.1) is 6.61 Å². The molecule has 0 aromatic heterocycles. The predicted molar refractivity (Wildman–Crippen MR) is 67.8 cm³/mol. The average molecular weight is 243 g/mol. The summed E-state index contributed by atoms with van der Waals surface area (Å²) in [5.41, 5.74) is 1.34. The first-order valence-corrected chi connectivity index (χ1v) is 5.49. The van der Waals surface area contributed by atoms with Crippen LogP contribution in [0.15, 0.2) is 30.3 Å². The van der Waals surface area contributed by atoms with Gasteiger partial charge in [0.25, 0.3) is 0 Å². The Morgan fingerprint density at radius 2 is 2.06 bits per heavy atom. The molecule has 1 aliphatic rings. The van der Waals surface area contributed by atoms with E-state index >= 15 is 0 Å². The Hall–Kier alpha value is -0.610. The van der Waals surface area contributed by atoms with E-state index in [1.54, 1.807) is 0 Å². The van der Waals surface area contributed by atoms with Gasteiger partial charge in [-0.25, -0.2) is 0 Å². The van der Waals surface area contributed by atoms with E-state index in [0.717, 1.165) is 26.2 Å². The fraction of sp³-hybridized carbons (Fsp3) is 0.500. The molecule has 1 saturated heterocycles. The Kier molecular flexibility index (Phi) is 5.77. The number of piperazine rings is 1. The molecule has 0 bridgehead atoms. The highest BCUT2D eigenvalue weighted by atomic mass is 35.5. The predicted octanol–water partition coefficient (Wildman–Crippen LogP) is 0.874. The van der Waals surface area contributed by atoms with Gasteiger partial charge in [0.2, 0.25) is 0 Å². The highest BCUT2D eigenvalue weighted by Crippen LogP contribution is 2.06. The number of nitrogens with one attached hydrogen (secondary N) is 1. The smallest absolute Gasteiger partial charge is 0.0597 e. The molecule has 16 heavy (non-hydrogen) atoms. The highest BCUT2D eigenvalue weighted by molar-refractivity contribution is 5.85. The topological polar surface area (TPSA) is 35.5 Å². The minimum absolute atomic E-state index is 0. The Morgan fingerprint density at radius 1 is 1.31 bits per heavy atom. The summed E-state index contributed by atoms with van der Waals surface area (Å²) in [5, 5.41) is 12.4. The van der Waals surface area contributed by atoms with Crippen LogP contribution in [-0.4, -0.2) is 42.3 Å². The van der Waals surface area contributed by atoms with Gasteiger partial charge in [-0.2, -0.15) is 0 Å². The lowest BCUT2D eigenvalue weighted by Gasteiger charge is -2.32. The van der Waals surface area contributed by atoms with E-state index in [1.165, 1.54) is 5.56 Å². The van der Waals surface area contributed by atoms with Gasteiger partial charge in [-0.3, -0.25) is 4.90 Å². The maximum absolute atomic E-state index is 9.09. The van der Waals surface area contributed by atoms with Gasteiger partial charge in [-0.05, 0) is 5.56 Å². The molecule has 0 radical (unpaired) electrons. The number of aliphatic hydroxyl groups excluding tert-OH is 1. The van der Waals surface area contributed by atoms with E-state index in [4.69, 9.17) is 5.11 Å². The van der Waals surface area contributed by atoms with Crippen molar-refractivity contribution in [1.82, 2.24) is 10.2 Å². The molecule has 0 amide bonds. The second-order valence-electron chi connectivity index (χ2n) is 4.05. The maximum Gasteiger partial charge on any atom is 0.0597 e. The number of benzene rings is 1. The monoisotopic (exact) mass is 242 g/mol. The summed E-state index contributed by atoms with van der Waals surface area (Å²) in [6, 6.07) is 10.7. The van der Waals surface area contributed by atoms with Gasteiger partial charge in [-0.15, -0.1) is 12.4 Å². The van der Waals surface area contributed by atoms with Gasteiger partial charge >= 0.3 is 0 Å². The first-order valence-electron chi connectivity index (χ1n) is 5.49. The van der Waals surface area contributed by atoms with Crippen molar-refractivity contribution in [3.63, 3.8) is 0 Å². The molecule has 1 aromatic rings. The Balaban J connectivity index is 0.00000128. The SMILES string of the molecule is Cl.OC[C@@H]1CN(Cc2ccccc2)CCN1. The van der Waals surface area contributed by atoms with E-state index < -0.39 is 0 Å². The lowest BCUT2D eigenvalue weighted by atomic mass is 10.1. The molecule has 4 heteroatoms. The molecule has 2 rings (SSSR count). The van der Waals surface area contributed by atoms with Crippen LogP contribution in [-0.2, 0) is 6.54 Å². The zero-order chi connectivity index (χ0) is 10.5. The fourth-order valence-corrected chi connectivity index (χ4v) is 2.00. The first-order chi connectivity index (χ1) is 7.38. The van der Waals surface area contributed by atoms with Gasteiger partial charge in [0.1, 0.15) is 0 Å². The molecule has 2 N–H and O–H groups in total. The van der Waals surface area contributed by atoms with Gasteiger partial charge < -0.3 is 10.4 Å². The molecule has 90 valence electrons. The summed E-state index contributed by atoms with van der Waals surface area (Å²) >= 11 is 0. The van der Waals surface area contributed by atoms with Crippen LogP contribution in [0.5, 0.6) is 0 Å². The second kappa shape index (κ2) is 6.86. The van der Waals surface area contributed by atoms with E-state index in [9.17, 15) is 0 Å². The molecule has 1 atom stereocenters. The van der Waals surface area contributed by atoms with Gasteiger partial charge in [-0.1, -0.05) is 30.3 Å². The normalized spacial score (nSPS) is 21.4. The summed E-state index contributed by atoms with van der Waals surface area (Å²) in [4.78, 5) is 2.38. The summed E-state index contributed by atoms with van der Waals surface area (Å²) in [7, 11) is 0. The first kappa shape index (κ1) is 13.5. The largest absolute Gasteiger partial charge is 0.395 e. The van der Waals surface area contributed by atoms with Gasteiger partial charge in [0.15, 0.2) is 0 Å². The number of nitrogens with zero attached hydrogens (tertiary/aromatic N) is 1. The van der Waals surface area contributed by atoms with Crippen molar-refractivity contribution in [2.75, 3.05) is 26.2 Å². The third-order valence-corrected chi connectivity index (χ3v) is 2.81. The van der Waals surface area contributed by atoms with E-state index in [1.807, 2.05) is 6.07 Å². The number of hydrogen-bond donors (Lipinski definition) is 2. The minimum Gasteiger partial charge on any atom is -0.395 e. The van der Waals surface area contributed by atoms with Crippen molar-refractivity contribution in [1.29, 1.82) is 0 Å². The quantitative estimate of drug-likeness (QED) is 0.826. The molecule has 1 aromatic carbocycles. The van der Waals surface area contributed by atoms with Crippen molar-refractivity contribution < 1.29 is 5.11 Å². The van der Waals surface area contributed by atoms with E-state index in [-0.39, 0.29) is 25.1 Å². The summed E-state index contributed by atoms with van der Waals surface area (Å²) < 4.78 is 0.